The maximum atomic E-state index is 11.1. The molecule has 0 aliphatic rings. The van der Waals surface area contributed by atoms with Gasteiger partial charge >= 0.3 is 5.97 Å². The maximum Gasteiger partial charge on any atom is 0.336 e. The molecule has 0 bridgehead atoms. The van der Waals surface area contributed by atoms with E-state index in [1.54, 1.807) is 12.1 Å². The van der Waals surface area contributed by atoms with Gasteiger partial charge in [-0.3, -0.25) is 0 Å². The molecule has 0 aliphatic heterocycles. The van der Waals surface area contributed by atoms with Gasteiger partial charge in [-0.25, -0.2) is 4.79 Å². The average Bonchev–Trinajstić information content (AvgIpc) is 2.45. The molecular weight excluding hydrogens is 274 g/mol. The molecule has 2 aromatic carbocycles. The van der Waals surface area contributed by atoms with Gasteiger partial charge in [-0.1, -0.05) is 41.9 Å². The van der Waals surface area contributed by atoms with Crippen molar-refractivity contribution in [2.45, 2.75) is 19.5 Å². The Labute approximate surface area is 123 Å². The van der Waals surface area contributed by atoms with Crippen molar-refractivity contribution < 1.29 is 9.90 Å². The van der Waals surface area contributed by atoms with Crippen LogP contribution >= 0.6 is 11.6 Å². The van der Waals surface area contributed by atoms with Crippen LogP contribution in [0, 0.1) is 0 Å². The average molecular weight is 290 g/mol. The molecule has 2 aromatic rings. The molecule has 0 fully saturated rings. The summed E-state index contributed by atoms with van der Waals surface area (Å²) in [4.78, 5) is 11.1. The summed E-state index contributed by atoms with van der Waals surface area (Å²) < 4.78 is 0. The van der Waals surface area contributed by atoms with E-state index in [1.807, 2.05) is 43.3 Å². The highest BCUT2D eigenvalue weighted by Crippen LogP contribution is 2.18. The Morgan fingerprint density at radius 1 is 1.25 bits per heavy atom. The first-order valence-corrected chi connectivity index (χ1v) is 6.76. The lowest BCUT2D eigenvalue weighted by Gasteiger charge is -2.15. The summed E-state index contributed by atoms with van der Waals surface area (Å²) in [5.41, 5.74) is 2.18. The minimum absolute atomic E-state index is 0.0931. The van der Waals surface area contributed by atoms with Crippen LogP contribution in [0.5, 0.6) is 0 Å². The summed E-state index contributed by atoms with van der Waals surface area (Å²) in [6, 6.07) is 14.7. The van der Waals surface area contributed by atoms with E-state index in [2.05, 4.69) is 5.32 Å². The normalized spacial score (nSPS) is 12.1. The van der Waals surface area contributed by atoms with Crippen LogP contribution in [-0.4, -0.2) is 11.1 Å². The molecular formula is C16H16ClNO2. The van der Waals surface area contributed by atoms with E-state index >= 15 is 0 Å². The van der Waals surface area contributed by atoms with E-state index in [1.165, 1.54) is 0 Å². The molecule has 4 heteroatoms. The Hall–Kier alpha value is -1.84. The van der Waals surface area contributed by atoms with E-state index in [4.69, 9.17) is 16.7 Å². The second-order valence-electron chi connectivity index (χ2n) is 4.62. The fourth-order valence-electron chi connectivity index (χ4n) is 2.04. The van der Waals surface area contributed by atoms with Crippen molar-refractivity contribution in [3.05, 3.63) is 70.2 Å². The molecule has 20 heavy (non-hydrogen) atoms. The molecule has 0 radical (unpaired) electrons. The van der Waals surface area contributed by atoms with Crippen LogP contribution in [0.15, 0.2) is 48.5 Å². The lowest BCUT2D eigenvalue weighted by Crippen LogP contribution is -2.19. The van der Waals surface area contributed by atoms with Crippen molar-refractivity contribution in [1.82, 2.24) is 5.32 Å². The molecule has 2 N–H and O–H groups in total. The molecule has 0 amide bonds. The van der Waals surface area contributed by atoms with E-state index in [9.17, 15) is 4.79 Å². The molecule has 3 nitrogen and oxygen atoms in total. The summed E-state index contributed by atoms with van der Waals surface area (Å²) in [5, 5.41) is 13.2. The number of nitrogens with one attached hydrogen (secondary N) is 1. The first-order valence-electron chi connectivity index (χ1n) is 6.38. The third kappa shape index (κ3) is 3.59. The smallest absolute Gasteiger partial charge is 0.336 e. The molecule has 0 saturated heterocycles. The Balaban J connectivity index is 2.07. The molecule has 2 rings (SSSR count). The zero-order valence-corrected chi connectivity index (χ0v) is 11.9. The second kappa shape index (κ2) is 6.55. The SMILES string of the molecule is C[C@H](NCc1ccccc1C(=O)O)c1cccc(Cl)c1. The van der Waals surface area contributed by atoms with Gasteiger partial charge in [0.1, 0.15) is 0 Å². The van der Waals surface area contributed by atoms with Crippen molar-refractivity contribution in [3.63, 3.8) is 0 Å². The highest BCUT2D eigenvalue weighted by Gasteiger charge is 2.10. The lowest BCUT2D eigenvalue weighted by molar-refractivity contribution is 0.0695. The molecule has 0 saturated carbocycles. The molecule has 104 valence electrons. The van der Waals surface area contributed by atoms with Gasteiger partial charge in [-0.05, 0) is 36.2 Å². The van der Waals surface area contributed by atoms with Gasteiger partial charge in [-0.2, -0.15) is 0 Å². The molecule has 0 spiro atoms. The number of halogens is 1. The highest BCUT2D eigenvalue weighted by molar-refractivity contribution is 6.30. The lowest BCUT2D eigenvalue weighted by atomic mass is 10.1. The molecule has 0 aliphatic carbocycles. The monoisotopic (exact) mass is 289 g/mol. The fraction of sp³-hybridized carbons (Fsp3) is 0.188. The predicted molar refractivity (Wildman–Crippen MR) is 80.1 cm³/mol. The van der Waals surface area contributed by atoms with Crippen LogP contribution < -0.4 is 5.32 Å². The molecule has 0 aromatic heterocycles. The van der Waals surface area contributed by atoms with Gasteiger partial charge in [0.05, 0.1) is 5.56 Å². The Morgan fingerprint density at radius 3 is 2.70 bits per heavy atom. The summed E-state index contributed by atoms with van der Waals surface area (Å²) in [6.45, 7) is 2.52. The summed E-state index contributed by atoms with van der Waals surface area (Å²) >= 11 is 5.97. The van der Waals surface area contributed by atoms with Gasteiger partial charge in [0.15, 0.2) is 0 Å². The quantitative estimate of drug-likeness (QED) is 0.878. The van der Waals surface area contributed by atoms with Crippen molar-refractivity contribution in [3.8, 4) is 0 Å². The van der Waals surface area contributed by atoms with Crippen LogP contribution in [0.2, 0.25) is 5.02 Å². The van der Waals surface area contributed by atoms with Gasteiger partial charge < -0.3 is 10.4 Å². The van der Waals surface area contributed by atoms with Gasteiger partial charge in [0.25, 0.3) is 0 Å². The topological polar surface area (TPSA) is 49.3 Å². The fourth-order valence-corrected chi connectivity index (χ4v) is 2.24. The number of aromatic carboxylic acids is 1. The molecule has 0 heterocycles. The number of rotatable bonds is 5. The van der Waals surface area contributed by atoms with Crippen LogP contribution in [0.3, 0.4) is 0 Å². The summed E-state index contributed by atoms with van der Waals surface area (Å²) in [5.74, 6) is -0.905. The van der Waals surface area contributed by atoms with Crippen molar-refractivity contribution in [1.29, 1.82) is 0 Å². The van der Waals surface area contributed by atoms with Gasteiger partial charge in [0, 0.05) is 17.6 Å². The molecule has 1 atom stereocenters. The number of benzene rings is 2. The number of hydrogen-bond donors (Lipinski definition) is 2. The first-order chi connectivity index (χ1) is 9.58. The Kier molecular flexibility index (Phi) is 4.77. The molecule has 0 unspecified atom stereocenters. The van der Waals surface area contributed by atoms with E-state index in [0.29, 0.717) is 17.1 Å². The Bertz CT molecular complexity index is 613. The Morgan fingerprint density at radius 2 is 2.00 bits per heavy atom. The van der Waals surface area contributed by atoms with E-state index < -0.39 is 5.97 Å². The zero-order chi connectivity index (χ0) is 14.5. The predicted octanol–water partition coefficient (Wildman–Crippen LogP) is 3.89. The van der Waals surface area contributed by atoms with Gasteiger partial charge in [-0.15, -0.1) is 0 Å². The van der Waals surface area contributed by atoms with Crippen LogP contribution in [0.4, 0.5) is 0 Å². The highest BCUT2D eigenvalue weighted by atomic mass is 35.5. The van der Waals surface area contributed by atoms with Crippen LogP contribution in [0.1, 0.15) is 34.5 Å². The minimum atomic E-state index is -0.905. The summed E-state index contributed by atoms with van der Waals surface area (Å²) in [6.07, 6.45) is 0. The van der Waals surface area contributed by atoms with Crippen LogP contribution in [0.25, 0.3) is 0 Å². The maximum absolute atomic E-state index is 11.1. The van der Waals surface area contributed by atoms with Crippen molar-refractivity contribution in [2.75, 3.05) is 0 Å². The third-order valence-electron chi connectivity index (χ3n) is 3.20. The van der Waals surface area contributed by atoms with Gasteiger partial charge in [0.2, 0.25) is 0 Å². The van der Waals surface area contributed by atoms with Crippen molar-refractivity contribution >= 4 is 17.6 Å². The first kappa shape index (κ1) is 14.6. The van der Waals surface area contributed by atoms with Crippen molar-refractivity contribution in [2.24, 2.45) is 0 Å². The number of hydrogen-bond acceptors (Lipinski definition) is 2. The largest absolute Gasteiger partial charge is 0.478 e. The third-order valence-corrected chi connectivity index (χ3v) is 3.43. The summed E-state index contributed by atoms with van der Waals surface area (Å²) in [7, 11) is 0. The second-order valence-corrected chi connectivity index (χ2v) is 5.06. The number of carboxylic acid groups (broad SMARTS) is 1. The minimum Gasteiger partial charge on any atom is -0.478 e. The zero-order valence-electron chi connectivity index (χ0n) is 11.1. The van der Waals surface area contributed by atoms with E-state index in [-0.39, 0.29) is 6.04 Å². The standard InChI is InChI=1S/C16H16ClNO2/c1-11(12-6-4-7-14(17)9-12)18-10-13-5-2-3-8-15(13)16(19)20/h2-9,11,18H,10H2,1H3,(H,19,20)/t11-/m0/s1. The number of carbonyl (C=O) groups is 1. The number of carboxylic acids is 1. The van der Waals surface area contributed by atoms with E-state index in [0.717, 1.165) is 11.1 Å². The van der Waals surface area contributed by atoms with Crippen LogP contribution in [-0.2, 0) is 6.54 Å².